The maximum absolute atomic E-state index is 8.99. The van der Waals surface area contributed by atoms with Crippen molar-refractivity contribution in [1.29, 1.82) is 0 Å². The second kappa shape index (κ2) is 41.3. The van der Waals surface area contributed by atoms with Crippen molar-refractivity contribution in [2.45, 2.75) is 350 Å². The molecule has 0 aromatic heterocycles. The minimum atomic E-state index is -0.732. The Hall–Kier alpha value is -11.9. The lowest BCUT2D eigenvalue weighted by Gasteiger charge is -2.54. The summed E-state index contributed by atoms with van der Waals surface area (Å²) < 4.78 is 8.99. The van der Waals surface area contributed by atoms with E-state index >= 15 is 0 Å². The molecule has 143 heavy (non-hydrogen) atoms. The molecule has 14 aliphatic rings. The Morgan fingerprint density at radius 3 is 0.860 bits per heavy atom. The van der Waals surface area contributed by atoms with Crippen LogP contribution in [0.1, 0.15) is 352 Å². The van der Waals surface area contributed by atoms with Crippen LogP contribution in [0.25, 0.3) is 28.5 Å². The first-order chi connectivity index (χ1) is 67.2. The van der Waals surface area contributed by atoms with Gasteiger partial charge in [-0.25, -0.2) is 0 Å². The smallest absolute Gasteiger partial charge is 0.104 e. The second-order valence-electron chi connectivity index (χ2n) is 43.3. The number of allylic oxidation sites excluding steroid dienone is 5. The van der Waals surface area contributed by atoms with Gasteiger partial charge in [0.05, 0.1) is 58.0 Å². The van der Waals surface area contributed by atoms with Crippen molar-refractivity contribution in [1.82, 2.24) is 24.5 Å². The third-order valence-corrected chi connectivity index (χ3v) is 36.3. The molecule has 4 aliphatic carbocycles. The summed E-state index contributed by atoms with van der Waals surface area (Å²) in [5.41, 5.74) is 42.8. The van der Waals surface area contributed by atoms with Gasteiger partial charge in [-0.3, -0.25) is 0 Å². The van der Waals surface area contributed by atoms with Crippen LogP contribution in [0.2, 0.25) is 0 Å². The van der Waals surface area contributed by atoms with Gasteiger partial charge in [-0.1, -0.05) is 350 Å². The van der Waals surface area contributed by atoms with Crippen LogP contribution in [0.3, 0.4) is 0 Å². The molecular weight excluding hydrogens is 1740 g/mol. The monoisotopic (exact) mass is 1910 g/mol. The molecule has 4 saturated carbocycles. The number of rotatable bonds is 10. The molecule has 752 valence electrons. The van der Waals surface area contributed by atoms with Gasteiger partial charge in [0.25, 0.3) is 0 Å². The molecule has 10 heterocycles. The maximum Gasteiger partial charge on any atom is 0.104 e. The molecule has 0 radical (unpaired) electrons. The SMILES string of the molecule is C.C.C.C.C.CC1=C2c3ccccc3C(C)(C3CCCC3)N2C(C)N1c1ccccc1C.CC1=C2c3ccccc3C(C)(C3CCCCC3)N2C(C)N1c1ccccc1C.CC1=C2c3ccccc3C(C)(c3ccccc3)N2C(C)N1c1ccccc1C.CC1=C2c3ccccc3C(C3CCCCC3)(C3CCCCC3)N2C(C)N1c1ccccc1C.[2H]C1(C)c2ccccc2C2=C(C)N(c3ccccc3C)C(C)N21. The minimum absolute atomic E-state index is 0. The van der Waals surface area contributed by atoms with Crippen molar-refractivity contribution in [3.05, 3.63) is 390 Å². The fraction of sp³-hybridized carbons (Fsp3) is 0.429. The summed E-state index contributed by atoms with van der Waals surface area (Å²) in [6, 6.07) is 99.2. The van der Waals surface area contributed by atoms with Crippen molar-refractivity contribution in [2.24, 2.45) is 23.7 Å². The molecule has 0 spiro atoms. The molecule has 0 bridgehead atoms. The first-order valence-corrected chi connectivity index (χ1v) is 53.0. The lowest BCUT2D eigenvalue weighted by Crippen LogP contribution is -2.57. The quantitative estimate of drug-likeness (QED) is 0.132. The van der Waals surface area contributed by atoms with Gasteiger partial charge in [-0.15, -0.1) is 0 Å². The van der Waals surface area contributed by atoms with Crippen LogP contribution in [-0.2, 0) is 22.2 Å². The molecule has 9 unspecified atom stereocenters. The number of anilines is 5. The zero-order valence-corrected chi connectivity index (χ0v) is 86.1. The highest BCUT2D eigenvalue weighted by molar-refractivity contribution is 5.89. The standard InChI is InChI=1S/C31H40N2.C26H32N2.C26H26N2.C25H30N2.C20H22N2.5CH4/c1-22-14-10-13-21-29(22)32-23(2)30-27-19-11-12-20-28(27)31(33(30)24(32)3,25-15-6-4-7-16-25)26-17-8-5-9-18-26;2*1-18-12-8-11-17-24(18)27-19(2)25-22-15-9-10-16-23(22)26(4,28(25)20(27)3)21-13-6-5-7-14-21;1-17-11-5-10-16-23(17)26-18(2)24-21-14-8-9-15-22(21)25(4,27(24)19(26)3)20-12-6-7-13-20;1-13-9-5-8-12-19(13)21-15(3)20-18-11-7-6-10-17(18)14(2)22(20)16(21)4;;;;;/h10-14,19-21,24-26H,4-9,15-18H2,1-3H3;8-12,15-17,20-21H,5-7,13-14H2,1-4H3;5-17,20H,1-4H3;5,8-11,14-16,19-20H,6-7,12-13H2,1-4H3;5-12,14,16H,1-4H3;5*1H4/i;;;;14D;;;;;. The summed E-state index contributed by atoms with van der Waals surface area (Å²) in [7, 11) is 0. The van der Waals surface area contributed by atoms with Crippen LogP contribution in [-0.4, -0.2) is 55.3 Å². The van der Waals surface area contributed by atoms with E-state index in [-0.39, 0.29) is 71.6 Å². The van der Waals surface area contributed by atoms with Crippen LogP contribution < -0.4 is 24.5 Å². The van der Waals surface area contributed by atoms with Crippen LogP contribution in [0.15, 0.2) is 301 Å². The van der Waals surface area contributed by atoms with E-state index in [1.165, 1.54) is 274 Å². The molecular formula is C133H170N10. The first kappa shape index (κ1) is 103. The van der Waals surface area contributed by atoms with E-state index in [4.69, 9.17) is 1.37 Å². The largest absolute Gasteiger partial charge is 0.342 e. The molecule has 11 aromatic carbocycles. The molecule has 10 aliphatic heterocycles. The summed E-state index contributed by atoms with van der Waals surface area (Å²) in [5.74, 6) is 3.00. The lowest BCUT2D eigenvalue weighted by atomic mass is 9.61. The molecule has 0 saturated heterocycles. The van der Waals surface area contributed by atoms with Gasteiger partial charge in [0, 0.05) is 84.7 Å². The Labute approximate surface area is 865 Å². The Kier molecular flexibility index (Phi) is 29.6. The average molecular weight is 1910 g/mol. The highest BCUT2D eigenvalue weighted by Gasteiger charge is 2.63. The molecule has 10 nitrogen and oxygen atoms in total. The number of benzene rings is 11. The molecule has 25 rings (SSSR count). The van der Waals surface area contributed by atoms with Crippen LogP contribution in [0, 0.1) is 58.3 Å². The Morgan fingerprint density at radius 1 is 0.238 bits per heavy atom. The Balaban J connectivity index is 0.000000129. The normalized spacial score (nSPS) is 25.1. The average Bonchev–Trinajstić information content (AvgIpc) is 1.52. The van der Waals surface area contributed by atoms with E-state index in [1.807, 2.05) is 13.0 Å². The number of fused-ring (bicyclic) bond motifs is 15. The summed E-state index contributed by atoms with van der Waals surface area (Å²) in [5, 5.41) is 0. The highest BCUT2D eigenvalue weighted by atomic mass is 15.5. The van der Waals surface area contributed by atoms with Gasteiger partial charge in [0.1, 0.15) is 30.8 Å². The van der Waals surface area contributed by atoms with E-state index in [9.17, 15) is 0 Å². The van der Waals surface area contributed by atoms with Crippen LogP contribution in [0.4, 0.5) is 28.4 Å². The molecule has 11 aromatic rings. The first-order valence-electron chi connectivity index (χ1n) is 53.5. The van der Waals surface area contributed by atoms with Crippen LogP contribution >= 0.6 is 0 Å². The zero-order valence-electron chi connectivity index (χ0n) is 87.1. The fourth-order valence-corrected chi connectivity index (χ4v) is 30.2. The van der Waals surface area contributed by atoms with Gasteiger partial charge in [0.2, 0.25) is 0 Å². The number of para-hydroxylation sites is 5. The van der Waals surface area contributed by atoms with Crippen molar-refractivity contribution in [3.63, 3.8) is 0 Å². The number of hydrogen-bond donors (Lipinski definition) is 0. The van der Waals surface area contributed by atoms with E-state index < -0.39 is 6.02 Å². The molecule has 10 heteroatoms. The molecule has 4 fully saturated rings. The maximum atomic E-state index is 8.99. The number of nitrogens with zero attached hydrogens (tertiary/aromatic N) is 10. The van der Waals surface area contributed by atoms with E-state index in [2.05, 4.69) is 441 Å². The summed E-state index contributed by atoms with van der Waals surface area (Å²) in [6.45, 7) is 43.8. The fourth-order valence-electron chi connectivity index (χ4n) is 30.2. The van der Waals surface area contributed by atoms with E-state index in [0.29, 0.717) is 18.5 Å². The molecule has 0 amide bonds. The third-order valence-electron chi connectivity index (χ3n) is 36.3. The summed E-state index contributed by atoms with van der Waals surface area (Å²) in [4.78, 5) is 26.0. The summed E-state index contributed by atoms with van der Waals surface area (Å²) in [6.07, 6.45) is 27.7. The predicted octanol–water partition coefficient (Wildman–Crippen LogP) is 35.4. The Bertz CT molecular complexity index is 6640. The molecule has 9 atom stereocenters. The van der Waals surface area contributed by atoms with Gasteiger partial charge in [-0.05, 0) is 298 Å². The highest BCUT2D eigenvalue weighted by Crippen LogP contribution is 2.67. The van der Waals surface area contributed by atoms with Gasteiger partial charge in [0.15, 0.2) is 0 Å². The van der Waals surface area contributed by atoms with Gasteiger partial charge < -0.3 is 49.0 Å². The lowest BCUT2D eigenvalue weighted by molar-refractivity contribution is -0.0195. The molecule has 0 N–H and O–H groups in total. The predicted molar refractivity (Wildman–Crippen MR) is 613 cm³/mol. The topological polar surface area (TPSA) is 32.4 Å². The van der Waals surface area contributed by atoms with Gasteiger partial charge >= 0.3 is 0 Å². The zero-order chi connectivity index (χ0) is 96.6. The second-order valence-corrected chi connectivity index (χ2v) is 43.3. The van der Waals surface area contributed by atoms with E-state index in [0.717, 1.165) is 29.2 Å². The van der Waals surface area contributed by atoms with E-state index in [1.54, 1.807) is 16.7 Å². The van der Waals surface area contributed by atoms with Crippen molar-refractivity contribution >= 4 is 56.9 Å². The van der Waals surface area contributed by atoms with Crippen LogP contribution in [0.5, 0.6) is 0 Å². The van der Waals surface area contributed by atoms with Crippen molar-refractivity contribution in [2.75, 3.05) is 24.5 Å². The Morgan fingerprint density at radius 2 is 0.490 bits per heavy atom. The summed E-state index contributed by atoms with van der Waals surface area (Å²) >= 11 is 0. The van der Waals surface area contributed by atoms with Crippen molar-refractivity contribution in [3.8, 4) is 0 Å². The number of aryl methyl sites for hydroxylation is 5. The van der Waals surface area contributed by atoms with Crippen molar-refractivity contribution < 1.29 is 1.37 Å². The van der Waals surface area contributed by atoms with Gasteiger partial charge in [-0.2, -0.15) is 0 Å². The minimum Gasteiger partial charge on any atom is -0.342 e. The number of hydrogen-bond acceptors (Lipinski definition) is 10. The third kappa shape index (κ3) is 16.2.